The molecule has 0 aromatic rings. The molecule has 0 bridgehead atoms. The Morgan fingerprint density at radius 3 is 2.55 bits per heavy atom. The van der Waals surface area contributed by atoms with Gasteiger partial charge in [-0.15, -0.1) is 0 Å². The Labute approximate surface area is 121 Å². The molecule has 20 heavy (non-hydrogen) atoms. The van der Waals surface area contributed by atoms with Gasteiger partial charge in [0.25, 0.3) is 0 Å². The van der Waals surface area contributed by atoms with E-state index >= 15 is 0 Å². The molecule has 0 spiro atoms. The molecule has 0 aliphatic carbocycles. The summed E-state index contributed by atoms with van der Waals surface area (Å²) in [5.41, 5.74) is 0. The van der Waals surface area contributed by atoms with Crippen LogP contribution in [-0.2, 0) is 19.6 Å². The van der Waals surface area contributed by atoms with Crippen LogP contribution in [0.15, 0.2) is 0 Å². The summed E-state index contributed by atoms with van der Waals surface area (Å²) in [5.74, 6) is 0.107. The fraction of sp³-hybridized carbons (Fsp3) is 0.923. The number of unbranched alkanes of at least 4 members (excludes halogenated alkanes) is 1. The smallest absolute Gasteiger partial charge is 0.220 e. The predicted molar refractivity (Wildman–Crippen MR) is 77.9 cm³/mol. The molecule has 0 saturated carbocycles. The maximum absolute atomic E-state index is 12.1. The first-order valence-electron chi connectivity index (χ1n) is 7.30. The molecule has 1 rings (SSSR count). The minimum absolute atomic E-state index is 0.0441. The lowest BCUT2D eigenvalue weighted by molar-refractivity contribution is -0.121. The van der Waals surface area contributed by atoms with Gasteiger partial charge in [-0.05, 0) is 25.7 Å². The van der Waals surface area contributed by atoms with Gasteiger partial charge in [-0.25, -0.2) is 12.7 Å². The summed E-state index contributed by atoms with van der Waals surface area (Å²) in [6, 6.07) is 0. The Hall–Kier alpha value is -0.660. The number of carbonyl (C=O) groups excluding carboxylic acids is 1. The third kappa shape index (κ3) is 6.67. The van der Waals surface area contributed by atoms with Crippen LogP contribution in [0, 0.1) is 0 Å². The number of methoxy groups -OCH3 is 1. The fourth-order valence-electron chi connectivity index (χ4n) is 2.22. The Bertz CT molecular complexity index is 378. The maximum Gasteiger partial charge on any atom is 0.220 e. The summed E-state index contributed by atoms with van der Waals surface area (Å²) < 4.78 is 30.5. The lowest BCUT2D eigenvalue weighted by atomic mass is 10.2. The van der Waals surface area contributed by atoms with Crippen LogP contribution in [0.1, 0.15) is 38.5 Å². The first kappa shape index (κ1) is 17.4. The Balaban J connectivity index is 2.14. The average molecular weight is 306 g/mol. The molecule has 1 amide bonds. The normalized spacial score (nSPS) is 17.1. The highest BCUT2D eigenvalue weighted by atomic mass is 32.2. The summed E-state index contributed by atoms with van der Waals surface area (Å²) in [6.07, 6.45) is 4.55. The molecule has 0 atom stereocenters. The number of amides is 1. The molecule has 0 radical (unpaired) electrons. The summed E-state index contributed by atoms with van der Waals surface area (Å²) in [5, 5.41) is 2.72. The predicted octanol–water partition coefficient (Wildman–Crippen LogP) is 0.735. The number of rotatable bonds is 9. The Morgan fingerprint density at radius 2 is 1.90 bits per heavy atom. The first-order chi connectivity index (χ1) is 9.56. The van der Waals surface area contributed by atoms with E-state index in [-0.39, 0.29) is 11.7 Å². The van der Waals surface area contributed by atoms with E-state index in [1.807, 2.05) is 0 Å². The second-order valence-electron chi connectivity index (χ2n) is 5.08. The Morgan fingerprint density at radius 1 is 1.20 bits per heavy atom. The van der Waals surface area contributed by atoms with Crippen molar-refractivity contribution in [3.05, 3.63) is 0 Å². The Kier molecular flexibility index (Phi) is 8.09. The van der Waals surface area contributed by atoms with Crippen molar-refractivity contribution in [1.29, 1.82) is 0 Å². The lowest BCUT2D eigenvalue weighted by Crippen LogP contribution is -2.37. The molecular formula is C13H26N2O4S. The number of piperidine rings is 1. The molecule has 1 aliphatic heterocycles. The zero-order valence-corrected chi connectivity index (χ0v) is 13.1. The van der Waals surface area contributed by atoms with Gasteiger partial charge in [0.15, 0.2) is 0 Å². The van der Waals surface area contributed by atoms with Crippen LogP contribution in [0.25, 0.3) is 0 Å². The minimum atomic E-state index is -3.12. The van der Waals surface area contributed by atoms with E-state index in [1.165, 1.54) is 0 Å². The van der Waals surface area contributed by atoms with Gasteiger partial charge in [-0.1, -0.05) is 6.42 Å². The highest BCUT2D eigenvalue weighted by molar-refractivity contribution is 7.89. The second kappa shape index (κ2) is 9.31. The van der Waals surface area contributed by atoms with Gasteiger partial charge in [0.05, 0.1) is 12.4 Å². The molecule has 0 aromatic heterocycles. The van der Waals surface area contributed by atoms with Gasteiger partial charge in [0, 0.05) is 33.2 Å². The van der Waals surface area contributed by atoms with Crippen molar-refractivity contribution in [2.75, 3.05) is 39.1 Å². The van der Waals surface area contributed by atoms with Crippen LogP contribution in [0.5, 0.6) is 0 Å². The minimum Gasteiger partial charge on any atom is -0.383 e. The average Bonchev–Trinajstić information content (AvgIpc) is 2.45. The molecule has 118 valence electrons. The molecule has 1 heterocycles. The van der Waals surface area contributed by atoms with Crippen molar-refractivity contribution in [2.45, 2.75) is 38.5 Å². The van der Waals surface area contributed by atoms with Crippen LogP contribution in [0.4, 0.5) is 0 Å². The van der Waals surface area contributed by atoms with E-state index < -0.39 is 10.0 Å². The van der Waals surface area contributed by atoms with Gasteiger partial charge >= 0.3 is 0 Å². The molecule has 0 aromatic carbocycles. The van der Waals surface area contributed by atoms with Crippen LogP contribution >= 0.6 is 0 Å². The summed E-state index contributed by atoms with van der Waals surface area (Å²) in [4.78, 5) is 11.4. The van der Waals surface area contributed by atoms with Crippen LogP contribution in [0.2, 0.25) is 0 Å². The van der Waals surface area contributed by atoms with Crippen molar-refractivity contribution in [3.63, 3.8) is 0 Å². The zero-order valence-electron chi connectivity index (χ0n) is 12.3. The third-order valence-corrected chi connectivity index (χ3v) is 5.35. The molecule has 6 nitrogen and oxygen atoms in total. The topological polar surface area (TPSA) is 75.7 Å². The number of hydrogen-bond donors (Lipinski definition) is 1. The van der Waals surface area contributed by atoms with E-state index in [0.717, 1.165) is 19.3 Å². The summed E-state index contributed by atoms with van der Waals surface area (Å²) in [6.45, 7) is 2.30. The lowest BCUT2D eigenvalue weighted by Gasteiger charge is -2.25. The summed E-state index contributed by atoms with van der Waals surface area (Å²) in [7, 11) is -1.54. The summed E-state index contributed by atoms with van der Waals surface area (Å²) >= 11 is 0. The van der Waals surface area contributed by atoms with Crippen molar-refractivity contribution >= 4 is 15.9 Å². The number of nitrogens with one attached hydrogen (secondary N) is 1. The number of nitrogens with zero attached hydrogens (tertiary/aromatic N) is 1. The molecule has 1 saturated heterocycles. The van der Waals surface area contributed by atoms with Crippen LogP contribution < -0.4 is 5.32 Å². The highest BCUT2D eigenvalue weighted by Crippen LogP contribution is 2.14. The molecular weight excluding hydrogens is 280 g/mol. The zero-order chi connectivity index (χ0) is 14.8. The number of carbonyl (C=O) groups is 1. The van der Waals surface area contributed by atoms with Gasteiger partial charge < -0.3 is 10.1 Å². The first-order valence-corrected chi connectivity index (χ1v) is 8.90. The highest BCUT2D eigenvalue weighted by Gasteiger charge is 2.23. The quantitative estimate of drug-likeness (QED) is 0.637. The van der Waals surface area contributed by atoms with E-state index in [4.69, 9.17) is 4.74 Å². The van der Waals surface area contributed by atoms with E-state index in [2.05, 4.69) is 5.32 Å². The van der Waals surface area contributed by atoms with E-state index in [0.29, 0.717) is 45.5 Å². The number of sulfonamides is 1. The van der Waals surface area contributed by atoms with Crippen LogP contribution in [0.3, 0.4) is 0 Å². The van der Waals surface area contributed by atoms with Gasteiger partial charge in [0.2, 0.25) is 15.9 Å². The van der Waals surface area contributed by atoms with E-state index in [1.54, 1.807) is 11.4 Å². The van der Waals surface area contributed by atoms with Gasteiger partial charge in [-0.3, -0.25) is 4.79 Å². The molecule has 0 unspecified atom stereocenters. The number of hydrogen-bond acceptors (Lipinski definition) is 4. The standard InChI is InChI=1S/C13H26N2O4S/c1-19-11-8-14-13(16)7-3-6-12-20(17,18)15-9-4-2-5-10-15/h2-12H2,1H3,(H,14,16). The van der Waals surface area contributed by atoms with E-state index in [9.17, 15) is 13.2 Å². The van der Waals surface area contributed by atoms with Crippen molar-refractivity contribution < 1.29 is 17.9 Å². The molecule has 1 fully saturated rings. The maximum atomic E-state index is 12.1. The van der Waals surface area contributed by atoms with Crippen molar-refractivity contribution in [3.8, 4) is 0 Å². The van der Waals surface area contributed by atoms with Crippen LogP contribution in [-0.4, -0.2) is 57.7 Å². The molecule has 1 N–H and O–H groups in total. The van der Waals surface area contributed by atoms with Crippen molar-refractivity contribution in [1.82, 2.24) is 9.62 Å². The van der Waals surface area contributed by atoms with Crippen molar-refractivity contribution in [2.24, 2.45) is 0 Å². The fourth-order valence-corrected chi connectivity index (χ4v) is 3.86. The third-order valence-electron chi connectivity index (χ3n) is 3.39. The largest absolute Gasteiger partial charge is 0.383 e. The monoisotopic (exact) mass is 306 g/mol. The molecule has 1 aliphatic rings. The second-order valence-corrected chi connectivity index (χ2v) is 7.16. The SMILES string of the molecule is COCCNC(=O)CCCCS(=O)(=O)N1CCCCC1. The van der Waals surface area contributed by atoms with Gasteiger partial charge in [0.1, 0.15) is 0 Å². The van der Waals surface area contributed by atoms with Gasteiger partial charge in [-0.2, -0.15) is 0 Å². The number of ether oxygens (including phenoxy) is 1. The molecule has 7 heteroatoms.